The SMILES string of the molecule is c1ccc(-n2c3ccccc3c3cc4c(cc32)c2cc3c(cc2n4-c2ccccc2)c2ccccc2n3-c2ccc(-c3ccc4oc5ccccc5c4c3)cc2)cc1. The lowest BCUT2D eigenvalue weighted by Crippen LogP contribution is -1.95. The summed E-state index contributed by atoms with van der Waals surface area (Å²) >= 11 is 0. The van der Waals surface area contributed by atoms with Crippen molar-refractivity contribution in [3.63, 3.8) is 0 Å². The van der Waals surface area contributed by atoms with E-state index in [1.54, 1.807) is 0 Å². The average Bonchev–Trinajstić information content (AvgIpc) is 4.01. The topological polar surface area (TPSA) is 27.9 Å². The van der Waals surface area contributed by atoms with Crippen LogP contribution in [0.15, 0.2) is 205 Å². The van der Waals surface area contributed by atoms with E-state index in [9.17, 15) is 0 Å². The average molecular weight is 740 g/mol. The summed E-state index contributed by atoms with van der Waals surface area (Å²) in [6, 6.07) is 72.6. The van der Waals surface area contributed by atoms with Gasteiger partial charge >= 0.3 is 0 Å². The van der Waals surface area contributed by atoms with Crippen molar-refractivity contribution in [3.8, 4) is 28.2 Å². The van der Waals surface area contributed by atoms with E-state index in [1.165, 1.54) is 76.5 Å². The molecule has 0 saturated carbocycles. The highest BCUT2D eigenvalue weighted by Crippen LogP contribution is 2.43. The van der Waals surface area contributed by atoms with Gasteiger partial charge in [0.15, 0.2) is 0 Å². The van der Waals surface area contributed by atoms with Gasteiger partial charge in [0.25, 0.3) is 0 Å². The maximum Gasteiger partial charge on any atom is 0.135 e. The first kappa shape index (κ1) is 31.4. The third-order valence-electron chi connectivity index (χ3n) is 12.2. The van der Waals surface area contributed by atoms with Crippen LogP contribution in [0.2, 0.25) is 0 Å². The van der Waals surface area contributed by atoms with E-state index < -0.39 is 0 Å². The van der Waals surface area contributed by atoms with Crippen molar-refractivity contribution >= 4 is 87.4 Å². The van der Waals surface area contributed by atoms with E-state index in [1.807, 2.05) is 12.1 Å². The first-order valence-electron chi connectivity index (χ1n) is 19.8. The number of aromatic nitrogens is 3. The molecular weight excluding hydrogens is 707 g/mol. The summed E-state index contributed by atoms with van der Waals surface area (Å²) in [6.45, 7) is 0. The molecule has 0 unspecified atom stereocenters. The number of fused-ring (bicyclic) bond motifs is 12. The summed E-state index contributed by atoms with van der Waals surface area (Å²) < 4.78 is 13.4. The van der Waals surface area contributed by atoms with Crippen LogP contribution in [-0.2, 0) is 0 Å². The van der Waals surface area contributed by atoms with E-state index >= 15 is 0 Å². The Kier molecular flexibility index (Phi) is 6.41. The van der Waals surface area contributed by atoms with Crippen LogP contribution < -0.4 is 0 Å². The van der Waals surface area contributed by atoms with Crippen LogP contribution in [0, 0.1) is 0 Å². The van der Waals surface area contributed by atoms with Gasteiger partial charge in [0.1, 0.15) is 11.2 Å². The number of rotatable bonds is 4. The van der Waals surface area contributed by atoms with E-state index in [0.717, 1.165) is 39.0 Å². The first-order valence-corrected chi connectivity index (χ1v) is 19.8. The second-order valence-electron chi connectivity index (χ2n) is 15.3. The quantitative estimate of drug-likeness (QED) is 0.177. The molecule has 4 aromatic heterocycles. The van der Waals surface area contributed by atoms with Crippen molar-refractivity contribution in [2.24, 2.45) is 0 Å². The molecule has 0 amide bonds. The van der Waals surface area contributed by atoms with Gasteiger partial charge in [-0.1, -0.05) is 109 Å². The number of hydrogen-bond acceptors (Lipinski definition) is 1. The molecule has 58 heavy (non-hydrogen) atoms. The van der Waals surface area contributed by atoms with Crippen LogP contribution >= 0.6 is 0 Å². The van der Waals surface area contributed by atoms with Gasteiger partial charge in [-0.05, 0) is 102 Å². The fourth-order valence-corrected chi connectivity index (χ4v) is 9.64. The highest BCUT2D eigenvalue weighted by Gasteiger charge is 2.21. The van der Waals surface area contributed by atoms with Crippen LogP contribution in [-0.4, -0.2) is 13.7 Å². The van der Waals surface area contributed by atoms with E-state index in [-0.39, 0.29) is 0 Å². The number of hydrogen-bond donors (Lipinski definition) is 0. The van der Waals surface area contributed by atoms with Crippen LogP contribution in [0.25, 0.3) is 116 Å². The minimum atomic E-state index is 0.911. The highest BCUT2D eigenvalue weighted by molar-refractivity contribution is 6.23. The molecular formula is C54H33N3O. The molecule has 13 rings (SSSR count). The number of benzene rings is 9. The standard InChI is InChI=1S/C54H33N3O/c1-3-13-36(14-4-1)55-47-20-10-7-17-39(47)42-30-51-44(32-49(42)55)45-33-50-43(31-52(45)57(51)37-15-5-2-6-16-37)40-18-8-11-21-48(40)56(50)38-26-23-34(24-27-38)35-25-28-54-46(29-35)41-19-9-12-22-53(41)58-54/h1-33H. The number of furan rings is 1. The van der Waals surface area contributed by atoms with Gasteiger partial charge in [-0.15, -0.1) is 0 Å². The van der Waals surface area contributed by atoms with Gasteiger partial charge < -0.3 is 18.1 Å². The Morgan fingerprint density at radius 3 is 1.19 bits per heavy atom. The molecule has 4 nitrogen and oxygen atoms in total. The van der Waals surface area contributed by atoms with Crippen molar-refractivity contribution in [3.05, 3.63) is 200 Å². The minimum absolute atomic E-state index is 0.911. The second-order valence-corrected chi connectivity index (χ2v) is 15.3. The number of para-hydroxylation sites is 5. The van der Waals surface area contributed by atoms with Gasteiger partial charge in [0.05, 0.1) is 33.1 Å². The molecule has 0 aliphatic carbocycles. The van der Waals surface area contributed by atoms with Crippen LogP contribution in [0.5, 0.6) is 0 Å². The Bertz CT molecular complexity index is 3770. The smallest absolute Gasteiger partial charge is 0.135 e. The predicted molar refractivity (Wildman–Crippen MR) is 242 cm³/mol. The summed E-state index contributed by atoms with van der Waals surface area (Å²) in [5, 5.41) is 9.68. The molecule has 4 heterocycles. The summed E-state index contributed by atoms with van der Waals surface area (Å²) in [5.74, 6) is 0. The van der Waals surface area contributed by atoms with Gasteiger partial charge in [-0.25, -0.2) is 0 Å². The van der Waals surface area contributed by atoms with Crippen molar-refractivity contribution in [1.29, 1.82) is 0 Å². The lowest BCUT2D eigenvalue weighted by molar-refractivity contribution is 0.669. The molecule has 13 aromatic rings. The van der Waals surface area contributed by atoms with Crippen LogP contribution in [0.3, 0.4) is 0 Å². The first-order chi connectivity index (χ1) is 28.8. The Morgan fingerprint density at radius 1 is 0.241 bits per heavy atom. The van der Waals surface area contributed by atoms with Crippen LogP contribution in [0.1, 0.15) is 0 Å². The summed E-state index contributed by atoms with van der Waals surface area (Å²) in [5.41, 5.74) is 14.8. The maximum absolute atomic E-state index is 6.13. The van der Waals surface area contributed by atoms with Gasteiger partial charge in [0, 0.05) is 60.2 Å². The maximum atomic E-state index is 6.13. The molecule has 0 saturated heterocycles. The largest absolute Gasteiger partial charge is 0.456 e. The molecule has 0 aliphatic rings. The summed E-state index contributed by atoms with van der Waals surface area (Å²) in [6.07, 6.45) is 0. The lowest BCUT2D eigenvalue weighted by atomic mass is 10.0. The van der Waals surface area contributed by atoms with E-state index in [2.05, 4.69) is 202 Å². The zero-order chi connectivity index (χ0) is 37.9. The highest BCUT2D eigenvalue weighted by atomic mass is 16.3. The summed E-state index contributed by atoms with van der Waals surface area (Å²) in [4.78, 5) is 0. The zero-order valence-electron chi connectivity index (χ0n) is 31.3. The fraction of sp³-hybridized carbons (Fsp3) is 0. The Labute approximate surface area is 332 Å². The van der Waals surface area contributed by atoms with Crippen molar-refractivity contribution < 1.29 is 4.42 Å². The third kappa shape index (κ3) is 4.40. The third-order valence-corrected chi connectivity index (χ3v) is 12.2. The molecule has 0 fully saturated rings. The Morgan fingerprint density at radius 2 is 0.638 bits per heavy atom. The molecule has 9 aromatic carbocycles. The normalized spacial score (nSPS) is 12.1. The minimum Gasteiger partial charge on any atom is -0.456 e. The molecule has 0 bridgehead atoms. The summed E-state index contributed by atoms with van der Waals surface area (Å²) in [7, 11) is 0. The van der Waals surface area contributed by atoms with E-state index in [4.69, 9.17) is 4.42 Å². The van der Waals surface area contributed by atoms with Crippen molar-refractivity contribution in [2.45, 2.75) is 0 Å². The van der Waals surface area contributed by atoms with Gasteiger partial charge in [-0.3, -0.25) is 0 Å². The molecule has 0 atom stereocenters. The fourth-order valence-electron chi connectivity index (χ4n) is 9.64. The zero-order valence-corrected chi connectivity index (χ0v) is 31.3. The molecule has 0 N–H and O–H groups in total. The van der Waals surface area contributed by atoms with Gasteiger partial charge in [-0.2, -0.15) is 0 Å². The van der Waals surface area contributed by atoms with Gasteiger partial charge in [0.2, 0.25) is 0 Å². The molecule has 270 valence electrons. The Balaban J connectivity index is 1.07. The molecule has 0 spiro atoms. The van der Waals surface area contributed by atoms with Crippen molar-refractivity contribution in [2.75, 3.05) is 0 Å². The second kappa shape index (κ2) is 11.8. The molecule has 4 heteroatoms. The Hall–Kier alpha value is -7.82. The monoisotopic (exact) mass is 739 g/mol. The van der Waals surface area contributed by atoms with Crippen LogP contribution in [0.4, 0.5) is 0 Å². The molecule has 0 radical (unpaired) electrons. The predicted octanol–water partition coefficient (Wildman–Crippen LogP) is 14.5. The number of nitrogens with zero attached hydrogens (tertiary/aromatic N) is 3. The molecule has 0 aliphatic heterocycles. The van der Waals surface area contributed by atoms with Crippen molar-refractivity contribution in [1.82, 2.24) is 13.7 Å². The van der Waals surface area contributed by atoms with E-state index in [0.29, 0.717) is 0 Å². The lowest BCUT2D eigenvalue weighted by Gasteiger charge is -2.10.